The van der Waals surface area contributed by atoms with Gasteiger partial charge >= 0.3 is 0 Å². The second kappa shape index (κ2) is 5.61. The van der Waals surface area contributed by atoms with Gasteiger partial charge < -0.3 is 11.1 Å². The molecule has 2 rings (SSSR count). The molecule has 0 radical (unpaired) electrons. The fraction of sp³-hybridized carbons (Fsp3) is 0.643. The third-order valence-electron chi connectivity index (χ3n) is 3.71. The lowest BCUT2D eigenvalue weighted by Gasteiger charge is -2.13. The minimum absolute atomic E-state index is 0.0731. The summed E-state index contributed by atoms with van der Waals surface area (Å²) in [4.78, 5) is 12.6. The molecule has 0 spiro atoms. The van der Waals surface area contributed by atoms with Crippen molar-refractivity contribution in [2.75, 3.05) is 17.3 Å². The van der Waals surface area contributed by atoms with Crippen LogP contribution in [0.4, 0.5) is 10.7 Å². The number of sulfone groups is 1. The van der Waals surface area contributed by atoms with Gasteiger partial charge in [-0.25, -0.2) is 8.42 Å². The van der Waals surface area contributed by atoms with Gasteiger partial charge in [0.15, 0.2) is 15.6 Å². The van der Waals surface area contributed by atoms with Crippen molar-refractivity contribution in [3.8, 4) is 0 Å². The second-order valence-corrected chi connectivity index (χ2v) is 9.04. The summed E-state index contributed by atoms with van der Waals surface area (Å²) in [6.07, 6.45) is 3.43. The van der Waals surface area contributed by atoms with Crippen molar-refractivity contribution in [3.63, 3.8) is 0 Å². The van der Waals surface area contributed by atoms with Crippen LogP contribution in [0.5, 0.6) is 0 Å². The molecular formula is C14H22N2O3S2. The average Bonchev–Trinajstić information content (AvgIpc) is 3.12. The third-order valence-corrected chi connectivity index (χ3v) is 6.15. The average molecular weight is 330 g/mol. The van der Waals surface area contributed by atoms with E-state index in [9.17, 15) is 13.2 Å². The number of nitrogens with one attached hydrogen (secondary N) is 1. The van der Waals surface area contributed by atoms with Crippen molar-refractivity contribution in [3.05, 3.63) is 4.88 Å². The van der Waals surface area contributed by atoms with Crippen molar-refractivity contribution in [2.45, 2.75) is 44.6 Å². The molecule has 118 valence electrons. The van der Waals surface area contributed by atoms with Crippen LogP contribution in [-0.4, -0.2) is 26.5 Å². The van der Waals surface area contributed by atoms with Gasteiger partial charge in [-0.2, -0.15) is 0 Å². The summed E-state index contributed by atoms with van der Waals surface area (Å²) >= 11 is 1.16. The van der Waals surface area contributed by atoms with Crippen LogP contribution in [0.15, 0.2) is 4.90 Å². The normalized spacial score (nSPS) is 17.0. The minimum atomic E-state index is -3.48. The number of Topliss-reactive ketones (excluding diaryl/α,β-unsaturated/α-hetero) is 1. The fourth-order valence-corrected chi connectivity index (χ4v) is 5.00. The summed E-state index contributed by atoms with van der Waals surface area (Å²) in [5, 5.41) is 3.74. The summed E-state index contributed by atoms with van der Waals surface area (Å²) in [6, 6.07) is 0.186. The van der Waals surface area contributed by atoms with Gasteiger partial charge in [0, 0.05) is 18.2 Å². The molecule has 0 aromatic carbocycles. The highest BCUT2D eigenvalue weighted by molar-refractivity contribution is 7.91. The molecule has 0 bridgehead atoms. The lowest BCUT2D eigenvalue weighted by molar-refractivity contribution is 0.0944. The van der Waals surface area contributed by atoms with Gasteiger partial charge in [0.1, 0.15) is 9.90 Å². The van der Waals surface area contributed by atoms with Gasteiger partial charge in [0.05, 0.1) is 10.6 Å². The highest BCUT2D eigenvalue weighted by atomic mass is 32.2. The van der Waals surface area contributed by atoms with Crippen molar-refractivity contribution >= 4 is 37.6 Å². The van der Waals surface area contributed by atoms with E-state index >= 15 is 0 Å². The zero-order valence-corrected chi connectivity index (χ0v) is 14.4. The second-order valence-electron chi connectivity index (χ2n) is 6.06. The molecule has 1 saturated carbocycles. The molecular weight excluding hydrogens is 308 g/mol. The molecule has 1 aromatic heterocycles. The maximum Gasteiger partial charge on any atom is 0.180 e. The summed E-state index contributed by atoms with van der Waals surface area (Å²) in [5.74, 6) is 0.242. The maximum absolute atomic E-state index is 12.2. The largest absolute Gasteiger partial charge is 0.396 e. The molecule has 0 amide bonds. The highest BCUT2D eigenvalue weighted by Crippen LogP contribution is 2.42. The zero-order chi connectivity index (χ0) is 15.9. The van der Waals surface area contributed by atoms with Crippen molar-refractivity contribution < 1.29 is 13.2 Å². The van der Waals surface area contributed by atoms with E-state index in [0.717, 1.165) is 30.4 Å². The van der Waals surface area contributed by atoms with Crippen LogP contribution in [0, 0.1) is 11.8 Å². The van der Waals surface area contributed by atoms with Crippen LogP contribution in [0.3, 0.4) is 0 Å². The van der Waals surface area contributed by atoms with Crippen LogP contribution in [0.25, 0.3) is 0 Å². The Bertz CT molecular complexity index is 658. The van der Waals surface area contributed by atoms with E-state index in [1.807, 2.05) is 6.92 Å². The number of nitrogen functional groups attached to an aromatic ring is 1. The van der Waals surface area contributed by atoms with E-state index in [1.165, 1.54) is 0 Å². The molecule has 1 aliphatic carbocycles. The SMILES string of the molecule is CC(C)C(=O)c1sc(NC(C)C2CC2)c(S(C)(=O)=O)c1N. The summed E-state index contributed by atoms with van der Waals surface area (Å²) in [5.41, 5.74) is 6.06. The van der Waals surface area contributed by atoms with Crippen LogP contribution >= 0.6 is 11.3 Å². The summed E-state index contributed by atoms with van der Waals surface area (Å²) in [7, 11) is -3.48. The van der Waals surface area contributed by atoms with E-state index in [0.29, 0.717) is 15.8 Å². The first-order valence-corrected chi connectivity index (χ1v) is 9.76. The smallest absolute Gasteiger partial charge is 0.180 e. The van der Waals surface area contributed by atoms with Crippen LogP contribution in [0.2, 0.25) is 0 Å². The first-order valence-electron chi connectivity index (χ1n) is 7.06. The van der Waals surface area contributed by atoms with E-state index in [2.05, 4.69) is 5.32 Å². The number of hydrogen-bond donors (Lipinski definition) is 2. The monoisotopic (exact) mass is 330 g/mol. The Labute approximate surface area is 129 Å². The predicted octanol–water partition coefficient (Wildman–Crippen LogP) is 2.78. The van der Waals surface area contributed by atoms with Crippen LogP contribution in [0.1, 0.15) is 43.3 Å². The van der Waals surface area contributed by atoms with E-state index < -0.39 is 9.84 Å². The Kier molecular flexibility index (Phi) is 4.35. The molecule has 1 aromatic rings. The molecule has 0 aliphatic heterocycles. The van der Waals surface area contributed by atoms with Crippen LogP contribution < -0.4 is 11.1 Å². The number of ketones is 1. The molecule has 1 aliphatic rings. The topological polar surface area (TPSA) is 89.3 Å². The van der Waals surface area contributed by atoms with Crippen molar-refractivity contribution in [1.29, 1.82) is 0 Å². The van der Waals surface area contributed by atoms with Gasteiger partial charge in [-0.3, -0.25) is 4.79 Å². The van der Waals surface area contributed by atoms with E-state index in [4.69, 9.17) is 5.73 Å². The van der Waals surface area contributed by atoms with Gasteiger partial charge in [-0.1, -0.05) is 13.8 Å². The maximum atomic E-state index is 12.2. The lowest BCUT2D eigenvalue weighted by atomic mass is 10.1. The summed E-state index contributed by atoms with van der Waals surface area (Å²) in [6.45, 7) is 5.59. The van der Waals surface area contributed by atoms with Gasteiger partial charge in [0.25, 0.3) is 0 Å². The zero-order valence-electron chi connectivity index (χ0n) is 12.8. The van der Waals surface area contributed by atoms with Gasteiger partial charge in [-0.05, 0) is 25.7 Å². The minimum Gasteiger partial charge on any atom is -0.396 e. The fourth-order valence-electron chi connectivity index (χ4n) is 2.26. The van der Waals surface area contributed by atoms with Crippen LogP contribution in [-0.2, 0) is 9.84 Å². The third kappa shape index (κ3) is 3.40. The highest BCUT2D eigenvalue weighted by Gasteiger charge is 2.32. The number of nitrogens with two attached hydrogens (primary N) is 1. The number of thiophene rings is 1. The first kappa shape index (κ1) is 16.3. The molecule has 1 heterocycles. The number of carbonyl (C=O) groups excluding carboxylic acids is 1. The predicted molar refractivity (Wildman–Crippen MR) is 86.8 cm³/mol. The molecule has 1 unspecified atom stereocenters. The van der Waals surface area contributed by atoms with E-state index in [-0.39, 0.29) is 28.3 Å². The van der Waals surface area contributed by atoms with Gasteiger partial charge in [0.2, 0.25) is 0 Å². The Morgan fingerprint density at radius 2 is 1.90 bits per heavy atom. The lowest BCUT2D eigenvalue weighted by Crippen LogP contribution is -2.18. The Hall–Kier alpha value is -1.08. The Balaban J connectivity index is 2.46. The van der Waals surface area contributed by atoms with E-state index in [1.54, 1.807) is 13.8 Å². The van der Waals surface area contributed by atoms with Crippen molar-refractivity contribution in [2.24, 2.45) is 11.8 Å². The molecule has 1 atom stereocenters. The quantitative estimate of drug-likeness (QED) is 0.783. The molecule has 5 nitrogen and oxygen atoms in total. The molecule has 0 saturated heterocycles. The first-order chi connectivity index (χ1) is 9.62. The Morgan fingerprint density at radius 1 is 1.33 bits per heavy atom. The molecule has 3 N–H and O–H groups in total. The summed E-state index contributed by atoms with van der Waals surface area (Å²) < 4.78 is 24.0. The number of anilines is 2. The molecule has 1 fully saturated rings. The van der Waals surface area contributed by atoms with Gasteiger partial charge in [-0.15, -0.1) is 11.3 Å². The number of hydrogen-bond acceptors (Lipinski definition) is 6. The Morgan fingerprint density at radius 3 is 2.33 bits per heavy atom. The molecule has 7 heteroatoms. The number of carbonyl (C=O) groups is 1. The molecule has 21 heavy (non-hydrogen) atoms. The standard InChI is InChI=1S/C14H22N2O3S2/c1-7(2)11(17)12-10(15)13(21(4,18)19)14(20-12)16-8(3)9-5-6-9/h7-9,16H,5-6,15H2,1-4H3. The van der Waals surface area contributed by atoms with Crippen molar-refractivity contribution in [1.82, 2.24) is 0 Å². The number of rotatable bonds is 6.